The number of esters is 1. The van der Waals surface area contributed by atoms with E-state index in [2.05, 4.69) is 19.6 Å². The molecule has 3 saturated carbocycles. The van der Waals surface area contributed by atoms with E-state index in [4.69, 9.17) is 9.53 Å². The van der Waals surface area contributed by atoms with Crippen molar-refractivity contribution < 1.29 is 34.1 Å². The molecule has 8 atom stereocenters. The highest BCUT2D eigenvalue weighted by Crippen LogP contribution is 2.67. The molecule has 4 rings (SSSR count). The van der Waals surface area contributed by atoms with Crippen LogP contribution in [0.25, 0.3) is 0 Å². The van der Waals surface area contributed by atoms with Crippen molar-refractivity contribution in [2.24, 2.45) is 40.2 Å². The summed E-state index contributed by atoms with van der Waals surface area (Å²) in [6.45, 7) is 6.94. The third kappa shape index (κ3) is 3.87. The number of allylic oxidation sites excluding steroid dienone is 4. The first-order valence-corrected chi connectivity index (χ1v) is 11.5. The Kier molecular flexibility index (Phi) is 6.75. The van der Waals surface area contributed by atoms with Crippen LogP contribution in [0.15, 0.2) is 23.8 Å². The molecule has 4 aliphatic carbocycles. The molecular weight excluding hydrogens is 426 g/mol. The van der Waals surface area contributed by atoms with Crippen molar-refractivity contribution in [2.75, 3.05) is 6.61 Å². The van der Waals surface area contributed by atoms with Crippen LogP contribution in [0.5, 0.6) is 0 Å². The highest BCUT2D eigenvalue weighted by Gasteiger charge is 2.68. The highest BCUT2D eigenvalue weighted by molar-refractivity contribution is 6.01. The normalized spacial score (nSPS) is 43.2. The zero-order valence-electron chi connectivity index (χ0n) is 19.7. The minimum atomic E-state index is -1.61. The first-order chi connectivity index (χ1) is 15.4. The molecule has 1 amide bonds. The number of aliphatic hydroxyl groups excluding tert-OH is 1. The Labute approximate surface area is 194 Å². The number of hydrogen-bond acceptors (Lipinski definition) is 7. The van der Waals surface area contributed by atoms with Gasteiger partial charge in [0.1, 0.15) is 5.60 Å². The predicted molar refractivity (Wildman–Crippen MR) is 119 cm³/mol. The van der Waals surface area contributed by atoms with Crippen LogP contribution in [-0.4, -0.2) is 52.5 Å². The predicted octanol–water partition coefficient (Wildman–Crippen LogP) is 1.48. The average Bonchev–Trinajstić information content (AvgIpc) is 2.99. The lowest BCUT2D eigenvalue weighted by atomic mass is 9.45. The Balaban J connectivity index is 0.000000968. The van der Waals surface area contributed by atoms with Crippen LogP contribution in [0.1, 0.15) is 53.4 Å². The van der Waals surface area contributed by atoms with E-state index in [1.54, 1.807) is 12.2 Å². The summed E-state index contributed by atoms with van der Waals surface area (Å²) in [5, 5.41) is 22.9. The number of amides is 1. The van der Waals surface area contributed by atoms with Gasteiger partial charge in [-0.1, -0.05) is 32.4 Å². The number of nitrogens with two attached hydrogens (primary N) is 1. The van der Waals surface area contributed by atoms with E-state index in [0.717, 1.165) is 12.0 Å². The third-order valence-electron chi connectivity index (χ3n) is 8.84. The number of fused-ring (bicyclic) bond motifs is 5. The topological polar surface area (TPSA) is 144 Å². The molecule has 4 N–H and O–H groups in total. The molecule has 3 fully saturated rings. The molecule has 4 aliphatic rings. The molecule has 0 bridgehead atoms. The Morgan fingerprint density at radius 3 is 2.58 bits per heavy atom. The zero-order valence-corrected chi connectivity index (χ0v) is 19.7. The number of ketones is 2. The summed E-state index contributed by atoms with van der Waals surface area (Å²) in [7, 11) is 0. The largest absolute Gasteiger partial charge is 0.458 e. The number of ether oxygens (including phenoxy) is 1. The number of primary amides is 1. The molecule has 8 heteroatoms. The van der Waals surface area contributed by atoms with Crippen LogP contribution in [0, 0.1) is 34.5 Å². The van der Waals surface area contributed by atoms with Gasteiger partial charge in [0.25, 0.3) is 0 Å². The molecule has 0 aliphatic heterocycles. The smallest absolute Gasteiger partial charge is 0.303 e. The summed E-state index contributed by atoms with van der Waals surface area (Å²) in [6, 6.07) is 0. The number of rotatable bonds is 3. The van der Waals surface area contributed by atoms with E-state index < -0.39 is 40.9 Å². The van der Waals surface area contributed by atoms with Gasteiger partial charge in [-0.15, -0.1) is 0 Å². The number of carbonyl (C=O) groups excluding carboxylic acids is 4. The lowest BCUT2D eigenvalue weighted by molar-refractivity contribution is -0.182. The van der Waals surface area contributed by atoms with Gasteiger partial charge in [-0.2, -0.15) is 0 Å². The number of aliphatic hydroxyl groups is 2. The Bertz CT molecular complexity index is 910. The van der Waals surface area contributed by atoms with Gasteiger partial charge in [-0.25, -0.2) is 0 Å². The highest BCUT2D eigenvalue weighted by atomic mass is 16.5. The van der Waals surface area contributed by atoms with Crippen LogP contribution >= 0.6 is 0 Å². The Morgan fingerprint density at radius 1 is 1.33 bits per heavy atom. The van der Waals surface area contributed by atoms with Crippen LogP contribution in [0.3, 0.4) is 0 Å². The van der Waals surface area contributed by atoms with Crippen molar-refractivity contribution in [3.8, 4) is 0 Å². The average molecular weight is 462 g/mol. The molecule has 0 heterocycles. The van der Waals surface area contributed by atoms with Gasteiger partial charge >= 0.3 is 5.97 Å². The third-order valence-corrected chi connectivity index (χ3v) is 8.84. The summed E-state index contributed by atoms with van der Waals surface area (Å²) in [5.41, 5.74) is 2.45. The van der Waals surface area contributed by atoms with Gasteiger partial charge in [0.2, 0.25) is 12.2 Å². The van der Waals surface area contributed by atoms with Gasteiger partial charge in [-0.05, 0) is 55.6 Å². The molecule has 0 spiro atoms. The van der Waals surface area contributed by atoms with Gasteiger partial charge in [0.15, 0.2) is 12.4 Å². The van der Waals surface area contributed by atoms with Gasteiger partial charge in [-0.3, -0.25) is 19.2 Å². The van der Waals surface area contributed by atoms with E-state index in [9.17, 15) is 24.6 Å². The lowest BCUT2D eigenvalue weighted by Gasteiger charge is -2.60. The quantitative estimate of drug-likeness (QED) is 0.426. The molecule has 0 aromatic heterocycles. The van der Waals surface area contributed by atoms with Crippen molar-refractivity contribution in [1.29, 1.82) is 0 Å². The van der Waals surface area contributed by atoms with Gasteiger partial charge in [0, 0.05) is 23.7 Å². The van der Waals surface area contributed by atoms with Gasteiger partial charge in [0.05, 0.1) is 6.10 Å². The fraction of sp³-hybridized carbons (Fsp3) is 0.680. The van der Waals surface area contributed by atoms with Crippen LogP contribution in [0.2, 0.25) is 0 Å². The Morgan fingerprint density at radius 2 is 1.97 bits per heavy atom. The fourth-order valence-corrected chi connectivity index (χ4v) is 7.50. The first-order valence-electron chi connectivity index (χ1n) is 11.5. The van der Waals surface area contributed by atoms with E-state index in [1.807, 2.05) is 13.0 Å². The van der Waals surface area contributed by atoms with Gasteiger partial charge < -0.3 is 20.7 Å². The molecule has 0 radical (unpaired) electrons. The molecule has 0 aromatic carbocycles. The standard InChI is InChI=1S/C24H32O6.CH3NO/c1-13-9-16-17-6-8-24(29,20(28)12-30-14(2)25)23(17,4)11-19(27)21(16)22(3)7-5-15(26)10-18(13)22;2-1-3/h5,7,10,13,16-17,19,21,27,29H,6,8-9,11-12H2,1-4H3;1H,(H2,2,3)/t13-,16-,17-,19-,21+,22-,23-,24-;/m0./s1. The number of carbonyl (C=O) groups is 4. The van der Waals surface area contributed by atoms with Crippen molar-refractivity contribution in [2.45, 2.75) is 65.1 Å². The monoisotopic (exact) mass is 461 g/mol. The van der Waals surface area contributed by atoms with Crippen molar-refractivity contribution >= 4 is 23.9 Å². The summed E-state index contributed by atoms with van der Waals surface area (Å²) < 4.78 is 4.89. The van der Waals surface area contributed by atoms with Crippen LogP contribution < -0.4 is 5.73 Å². The number of hydrogen-bond donors (Lipinski definition) is 3. The molecule has 0 aromatic rings. The Hall–Kier alpha value is -2.32. The van der Waals surface area contributed by atoms with E-state index in [-0.39, 0.29) is 35.9 Å². The minimum absolute atomic E-state index is 0.00535. The van der Waals surface area contributed by atoms with Crippen molar-refractivity contribution in [3.63, 3.8) is 0 Å². The molecule has 0 unspecified atom stereocenters. The maximum absolute atomic E-state index is 12.9. The van der Waals surface area contributed by atoms with E-state index in [1.165, 1.54) is 6.92 Å². The molecule has 182 valence electrons. The molecule has 8 nitrogen and oxygen atoms in total. The number of Topliss-reactive ketones (excluding diaryl/α,β-unsaturated/α-hetero) is 1. The maximum atomic E-state index is 12.9. The summed E-state index contributed by atoms with van der Waals surface area (Å²) in [6.07, 6.45) is 6.96. The SMILES string of the molecule is CC(=O)OCC(=O)[C@@]1(O)CC[C@H]2[C@@H]3C[C@H](C)C4=CC(=O)C=C[C@]4(C)[C@H]3[C@@H](O)C[C@@]21C.NC=O. The summed E-state index contributed by atoms with van der Waals surface area (Å²) in [5.74, 6) is -0.712. The fourth-order valence-electron chi connectivity index (χ4n) is 7.50. The first kappa shape index (κ1) is 25.3. The molecule has 0 saturated heterocycles. The second-order valence-corrected chi connectivity index (χ2v) is 10.5. The van der Waals surface area contributed by atoms with Crippen molar-refractivity contribution in [3.05, 3.63) is 23.8 Å². The summed E-state index contributed by atoms with van der Waals surface area (Å²) >= 11 is 0. The van der Waals surface area contributed by atoms with Crippen LogP contribution in [-0.2, 0) is 23.9 Å². The zero-order chi connectivity index (χ0) is 24.8. The van der Waals surface area contributed by atoms with Crippen LogP contribution in [0.4, 0.5) is 0 Å². The lowest BCUT2D eigenvalue weighted by Crippen LogP contribution is -2.62. The maximum Gasteiger partial charge on any atom is 0.303 e. The second kappa shape index (κ2) is 8.80. The van der Waals surface area contributed by atoms with E-state index >= 15 is 0 Å². The minimum Gasteiger partial charge on any atom is -0.458 e. The summed E-state index contributed by atoms with van der Waals surface area (Å²) in [4.78, 5) is 44.7. The van der Waals surface area contributed by atoms with Crippen molar-refractivity contribution in [1.82, 2.24) is 0 Å². The van der Waals surface area contributed by atoms with E-state index in [0.29, 0.717) is 19.3 Å². The molecular formula is C25H35NO7. The molecule has 33 heavy (non-hydrogen) atoms. The second-order valence-electron chi connectivity index (χ2n) is 10.5.